The molecule has 0 aliphatic rings. The van der Waals surface area contributed by atoms with E-state index in [9.17, 15) is 0 Å². The van der Waals surface area contributed by atoms with E-state index in [0.717, 1.165) is 0 Å². The fourth-order valence-corrected chi connectivity index (χ4v) is 11.3. The molecule has 0 aliphatic heterocycles. The van der Waals surface area contributed by atoms with Gasteiger partial charge in [0.15, 0.2) is 0 Å². The zero-order valence-electron chi connectivity index (χ0n) is 14.8. The van der Waals surface area contributed by atoms with E-state index < -0.39 is 27.2 Å². The molecule has 0 N–H and O–H groups in total. The molecule has 0 heterocycles. The van der Waals surface area contributed by atoms with E-state index in [2.05, 4.69) is 99.7 Å². The quantitative estimate of drug-likeness (QED) is 0.537. The van der Waals surface area contributed by atoms with Gasteiger partial charge in [0.25, 0.3) is 0 Å². The molecule has 0 spiro atoms. The summed E-state index contributed by atoms with van der Waals surface area (Å²) in [7, 11) is -0.800. The molecule has 3 aromatic rings. The van der Waals surface area contributed by atoms with Crippen molar-refractivity contribution in [3.8, 4) is 0 Å². The van der Waals surface area contributed by atoms with E-state index in [1.807, 2.05) is 0 Å². The summed E-state index contributed by atoms with van der Waals surface area (Å²) in [6, 6.07) is 32.6. The first-order valence-corrected chi connectivity index (χ1v) is 20.3. The van der Waals surface area contributed by atoms with Crippen LogP contribution in [-0.4, -0.2) is 27.2 Å². The predicted octanol–water partition coefficient (Wildman–Crippen LogP) is 3.62. The van der Waals surface area contributed by atoms with Gasteiger partial charge in [0.2, 0.25) is 0 Å². The molecule has 0 bridgehead atoms. The standard InChI is InChI=1S/C19H16Si.3CH3.Sn/c1-4-10-17(11-5-1)16-20(18-12-6-2-7-13-18)19-14-8-3-9-15-19;;;;/h1-10,12-15H,16H2;3*1H3;. The minimum absolute atomic E-state index is 0.800. The normalized spacial score (nSPS) is 11.7. The van der Waals surface area contributed by atoms with Crippen molar-refractivity contribution in [1.29, 1.82) is 0 Å². The Hall–Kier alpha value is -1.32. The zero-order chi connectivity index (χ0) is 17.0. The van der Waals surface area contributed by atoms with Gasteiger partial charge in [0.05, 0.1) is 0 Å². The molecule has 0 fully saturated rings. The maximum absolute atomic E-state index is 2.52. The molecule has 121 valence electrons. The predicted molar refractivity (Wildman–Crippen MR) is 111 cm³/mol. The van der Waals surface area contributed by atoms with Crippen LogP contribution in [0.25, 0.3) is 0 Å². The molecule has 1 radical (unpaired) electrons. The second-order valence-corrected chi connectivity index (χ2v) is 24.1. The van der Waals surface area contributed by atoms with Gasteiger partial charge in [-0.25, -0.2) is 0 Å². The molecule has 24 heavy (non-hydrogen) atoms. The van der Waals surface area contributed by atoms with Crippen molar-refractivity contribution in [3.05, 3.63) is 90.5 Å². The van der Waals surface area contributed by atoms with Crippen LogP contribution in [0.1, 0.15) is 5.56 Å². The first-order chi connectivity index (χ1) is 11.6. The molecule has 0 saturated heterocycles. The first kappa shape index (κ1) is 17.5. The van der Waals surface area contributed by atoms with E-state index in [1.54, 1.807) is 9.14 Å². The van der Waals surface area contributed by atoms with Crippen LogP contribution in [0.15, 0.2) is 84.9 Å². The van der Waals surface area contributed by atoms with E-state index >= 15 is 0 Å². The van der Waals surface area contributed by atoms with Crippen LogP contribution in [-0.2, 0) is 6.04 Å². The number of hydrogen-bond acceptors (Lipinski definition) is 0. The molecule has 0 unspecified atom stereocenters. The Morgan fingerprint density at radius 2 is 1.08 bits per heavy atom. The van der Waals surface area contributed by atoms with Crippen LogP contribution in [0.4, 0.5) is 0 Å². The van der Waals surface area contributed by atoms with E-state index in [1.165, 1.54) is 16.4 Å². The van der Waals surface area contributed by atoms with Gasteiger partial charge in [-0.1, -0.05) is 0 Å². The van der Waals surface area contributed by atoms with Crippen LogP contribution in [0.5, 0.6) is 0 Å². The van der Waals surface area contributed by atoms with Crippen molar-refractivity contribution in [2.45, 2.75) is 20.9 Å². The molecule has 0 amide bonds. The summed E-state index contributed by atoms with van der Waals surface area (Å²) in [5.74, 6) is 0. The van der Waals surface area contributed by atoms with Crippen molar-refractivity contribution >= 4 is 41.1 Å². The van der Waals surface area contributed by atoms with Crippen molar-refractivity contribution in [3.63, 3.8) is 0 Å². The zero-order valence-corrected chi connectivity index (χ0v) is 18.6. The molecule has 2 heteroatoms. The molecule has 0 aliphatic carbocycles. The van der Waals surface area contributed by atoms with Crippen molar-refractivity contribution < 1.29 is 0 Å². The van der Waals surface area contributed by atoms with Crippen LogP contribution in [0.2, 0.25) is 14.8 Å². The Bertz CT molecular complexity index is 736. The van der Waals surface area contributed by atoms with Gasteiger partial charge in [-0.2, -0.15) is 0 Å². The summed E-state index contributed by atoms with van der Waals surface area (Å²) in [6.07, 6.45) is 0. The molecule has 0 saturated carbocycles. The molecule has 0 nitrogen and oxygen atoms in total. The Balaban J connectivity index is 2.03. The molecule has 0 aromatic heterocycles. The maximum atomic E-state index is 2.52. The topological polar surface area (TPSA) is 0 Å². The van der Waals surface area contributed by atoms with Gasteiger partial charge < -0.3 is 0 Å². The third kappa shape index (κ3) is 4.20. The van der Waals surface area contributed by atoms with Gasteiger partial charge in [-0.15, -0.1) is 0 Å². The molecular formula is C22H25SiSn. The fraction of sp³-hybridized carbons (Fsp3) is 0.182. The number of benzene rings is 3. The van der Waals surface area contributed by atoms with Gasteiger partial charge >= 0.3 is 152 Å². The van der Waals surface area contributed by atoms with Gasteiger partial charge in [-0.3, -0.25) is 0 Å². The van der Waals surface area contributed by atoms with Crippen molar-refractivity contribution in [2.24, 2.45) is 0 Å². The molecule has 0 atom stereocenters. The Labute approximate surface area is 152 Å². The van der Waals surface area contributed by atoms with Crippen LogP contribution in [0, 0.1) is 0 Å². The minimum atomic E-state index is -2.10. The van der Waals surface area contributed by atoms with Crippen LogP contribution >= 0.6 is 0 Å². The second-order valence-electron chi connectivity index (χ2n) is 7.29. The Morgan fingerprint density at radius 1 is 0.625 bits per heavy atom. The first-order valence-electron chi connectivity index (χ1n) is 8.61. The van der Waals surface area contributed by atoms with Crippen LogP contribution in [0.3, 0.4) is 0 Å². The summed E-state index contributed by atoms with van der Waals surface area (Å²) in [5.41, 5.74) is 1.59. The molecule has 3 aromatic carbocycles. The summed E-state index contributed by atoms with van der Waals surface area (Å²) in [6.45, 7) is 0. The summed E-state index contributed by atoms with van der Waals surface area (Å²) in [5, 5.41) is 3.01. The Morgan fingerprint density at radius 3 is 1.58 bits per heavy atom. The molecular weight excluding hydrogens is 411 g/mol. The summed E-state index contributed by atoms with van der Waals surface area (Å²) in [4.78, 5) is 7.56. The third-order valence-corrected chi connectivity index (χ3v) is 13.2. The SMILES string of the molecule is [CH3][Sn]([CH3])([CH3])[c]1ccccc1C[Si](c1ccccc1)c1ccccc1. The molecule has 3 rings (SSSR count). The Kier molecular flexibility index (Phi) is 5.62. The van der Waals surface area contributed by atoms with E-state index in [-0.39, 0.29) is 0 Å². The van der Waals surface area contributed by atoms with Crippen LogP contribution < -0.4 is 14.0 Å². The van der Waals surface area contributed by atoms with Gasteiger partial charge in [0, 0.05) is 0 Å². The fourth-order valence-electron chi connectivity index (χ4n) is 3.25. The van der Waals surface area contributed by atoms with Gasteiger partial charge in [0.1, 0.15) is 0 Å². The number of hydrogen-bond donors (Lipinski definition) is 0. The van der Waals surface area contributed by atoms with E-state index in [4.69, 9.17) is 0 Å². The van der Waals surface area contributed by atoms with E-state index in [0.29, 0.717) is 0 Å². The number of rotatable bonds is 5. The van der Waals surface area contributed by atoms with Crippen molar-refractivity contribution in [2.75, 3.05) is 0 Å². The second kappa shape index (κ2) is 7.71. The average molecular weight is 436 g/mol. The average Bonchev–Trinajstić information content (AvgIpc) is 2.61. The van der Waals surface area contributed by atoms with Gasteiger partial charge in [-0.05, 0) is 0 Å². The van der Waals surface area contributed by atoms with Crippen molar-refractivity contribution in [1.82, 2.24) is 0 Å². The monoisotopic (exact) mass is 437 g/mol. The summed E-state index contributed by atoms with van der Waals surface area (Å²) < 4.78 is 1.68. The summed E-state index contributed by atoms with van der Waals surface area (Å²) >= 11 is -2.10. The third-order valence-electron chi connectivity index (χ3n) is 4.44.